The first-order valence-electron chi connectivity index (χ1n) is 6.26. The number of hydrogen-bond donors (Lipinski definition) is 2. The Labute approximate surface area is 94.0 Å². The van der Waals surface area contributed by atoms with E-state index in [-0.39, 0.29) is 12.7 Å². The van der Waals surface area contributed by atoms with Crippen LogP contribution in [-0.4, -0.2) is 22.9 Å². The fraction of sp³-hybridized carbons (Fsp3) is 0.846. The third kappa shape index (κ3) is 11.6. The summed E-state index contributed by atoms with van der Waals surface area (Å²) >= 11 is 0. The van der Waals surface area contributed by atoms with Gasteiger partial charge in [0.2, 0.25) is 0 Å². The number of rotatable bonds is 10. The van der Waals surface area contributed by atoms with Crippen molar-refractivity contribution in [1.29, 1.82) is 0 Å². The first kappa shape index (κ1) is 14.7. The normalized spacial score (nSPS) is 13.5. The quantitative estimate of drug-likeness (QED) is 0.433. The molecule has 0 heterocycles. The zero-order valence-corrected chi connectivity index (χ0v) is 9.99. The summed E-state index contributed by atoms with van der Waals surface area (Å²) in [6.45, 7) is 2.25. The number of hydrogen-bond acceptors (Lipinski definition) is 2. The molecule has 0 radical (unpaired) electrons. The van der Waals surface area contributed by atoms with E-state index in [1.165, 1.54) is 38.5 Å². The highest BCUT2D eigenvalue weighted by Crippen LogP contribution is 2.09. The van der Waals surface area contributed by atoms with Gasteiger partial charge in [0.15, 0.2) is 0 Å². The second kappa shape index (κ2) is 11.7. The monoisotopic (exact) mass is 214 g/mol. The number of aliphatic hydroxyl groups is 2. The first-order chi connectivity index (χ1) is 7.31. The Hall–Kier alpha value is -0.340. The molecule has 2 heteroatoms. The average molecular weight is 214 g/mol. The van der Waals surface area contributed by atoms with Gasteiger partial charge in [0.05, 0.1) is 12.7 Å². The minimum absolute atomic E-state index is 0.0219. The number of unbranched alkanes of at least 4 members (excludes halogenated alkanes) is 6. The Morgan fingerprint density at radius 1 is 1.00 bits per heavy atom. The van der Waals surface area contributed by atoms with Crippen LogP contribution in [0.15, 0.2) is 12.2 Å². The van der Waals surface area contributed by atoms with Crippen molar-refractivity contribution < 1.29 is 10.2 Å². The molecule has 0 aromatic carbocycles. The molecular weight excluding hydrogens is 188 g/mol. The van der Waals surface area contributed by atoms with Gasteiger partial charge >= 0.3 is 0 Å². The summed E-state index contributed by atoms with van der Waals surface area (Å²) in [6, 6.07) is 0. The van der Waals surface area contributed by atoms with Gasteiger partial charge in [-0.15, -0.1) is 0 Å². The smallest absolute Gasteiger partial charge is 0.0721 e. The largest absolute Gasteiger partial charge is 0.392 e. The molecule has 0 bridgehead atoms. The summed E-state index contributed by atoms with van der Waals surface area (Å²) in [7, 11) is 0. The summed E-state index contributed by atoms with van der Waals surface area (Å²) in [5.41, 5.74) is 0. The van der Waals surface area contributed by atoms with Gasteiger partial charge in [-0.25, -0.2) is 0 Å². The van der Waals surface area contributed by atoms with E-state index in [4.69, 9.17) is 5.11 Å². The van der Waals surface area contributed by atoms with Gasteiger partial charge in [-0.2, -0.15) is 0 Å². The lowest BCUT2D eigenvalue weighted by molar-refractivity contribution is 0.206. The molecule has 15 heavy (non-hydrogen) atoms. The van der Waals surface area contributed by atoms with Crippen LogP contribution in [-0.2, 0) is 0 Å². The summed E-state index contributed by atoms with van der Waals surface area (Å²) in [6.07, 6.45) is 12.7. The van der Waals surface area contributed by atoms with Crippen molar-refractivity contribution in [2.24, 2.45) is 0 Å². The van der Waals surface area contributed by atoms with E-state index in [1.54, 1.807) is 12.2 Å². The minimum atomic E-state index is -0.368. The van der Waals surface area contributed by atoms with Gasteiger partial charge in [-0.05, 0) is 6.42 Å². The Balaban J connectivity index is 3.12. The molecule has 2 nitrogen and oxygen atoms in total. The fourth-order valence-corrected chi connectivity index (χ4v) is 1.62. The lowest BCUT2D eigenvalue weighted by Crippen LogP contribution is -2.01. The Kier molecular flexibility index (Phi) is 11.5. The number of aliphatic hydroxyl groups excluding tert-OH is 2. The van der Waals surface area contributed by atoms with Crippen molar-refractivity contribution in [2.45, 2.75) is 64.4 Å². The first-order valence-corrected chi connectivity index (χ1v) is 6.26. The molecule has 0 spiro atoms. The minimum Gasteiger partial charge on any atom is -0.392 e. The van der Waals surface area contributed by atoms with E-state index in [0.717, 1.165) is 12.8 Å². The average Bonchev–Trinajstić information content (AvgIpc) is 2.25. The van der Waals surface area contributed by atoms with Crippen molar-refractivity contribution in [1.82, 2.24) is 0 Å². The predicted molar refractivity (Wildman–Crippen MR) is 64.8 cm³/mol. The topological polar surface area (TPSA) is 40.5 Å². The van der Waals surface area contributed by atoms with E-state index < -0.39 is 0 Å². The summed E-state index contributed by atoms with van der Waals surface area (Å²) in [5, 5.41) is 17.9. The zero-order valence-electron chi connectivity index (χ0n) is 9.99. The van der Waals surface area contributed by atoms with Gasteiger partial charge in [0.1, 0.15) is 0 Å². The van der Waals surface area contributed by atoms with E-state index in [2.05, 4.69) is 6.92 Å². The van der Waals surface area contributed by atoms with Crippen molar-refractivity contribution in [3.8, 4) is 0 Å². The molecule has 90 valence electrons. The van der Waals surface area contributed by atoms with Crippen LogP contribution >= 0.6 is 0 Å². The van der Waals surface area contributed by atoms with Gasteiger partial charge in [-0.1, -0.05) is 64.0 Å². The van der Waals surface area contributed by atoms with Crippen LogP contribution in [0.3, 0.4) is 0 Å². The van der Waals surface area contributed by atoms with Crippen molar-refractivity contribution in [2.75, 3.05) is 6.61 Å². The molecule has 0 aliphatic rings. The summed E-state index contributed by atoms with van der Waals surface area (Å²) in [5.74, 6) is 0. The predicted octanol–water partition coefficient (Wildman–Crippen LogP) is 3.04. The molecule has 0 fully saturated rings. The maximum atomic E-state index is 9.42. The maximum absolute atomic E-state index is 9.42. The van der Waals surface area contributed by atoms with E-state index >= 15 is 0 Å². The van der Waals surface area contributed by atoms with Crippen LogP contribution in [0.25, 0.3) is 0 Å². The van der Waals surface area contributed by atoms with Crippen molar-refractivity contribution in [3.05, 3.63) is 12.2 Å². The van der Waals surface area contributed by atoms with Crippen LogP contribution < -0.4 is 0 Å². The van der Waals surface area contributed by atoms with E-state index in [9.17, 15) is 5.11 Å². The second-order valence-corrected chi connectivity index (χ2v) is 4.09. The van der Waals surface area contributed by atoms with Crippen LogP contribution in [0.5, 0.6) is 0 Å². The van der Waals surface area contributed by atoms with Gasteiger partial charge in [0.25, 0.3) is 0 Å². The van der Waals surface area contributed by atoms with Crippen LogP contribution in [0.1, 0.15) is 58.3 Å². The molecule has 2 N–H and O–H groups in total. The van der Waals surface area contributed by atoms with Gasteiger partial charge < -0.3 is 10.2 Å². The Bertz CT molecular complexity index is 143. The van der Waals surface area contributed by atoms with Crippen molar-refractivity contribution in [3.63, 3.8) is 0 Å². The highest BCUT2D eigenvalue weighted by atomic mass is 16.3. The molecule has 0 aliphatic heterocycles. The molecule has 0 aromatic rings. The third-order valence-electron chi connectivity index (χ3n) is 2.57. The Morgan fingerprint density at radius 3 is 2.20 bits per heavy atom. The molecule has 0 saturated carbocycles. The summed E-state index contributed by atoms with van der Waals surface area (Å²) < 4.78 is 0. The maximum Gasteiger partial charge on any atom is 0.0721 e. The standard InChI is InChI=1S/C13H26O2/c1-2-3-4-5-6-7-8-10-13(15)11-9-12-14/h9,11,13-15H,2-8,10,12H2,1H3/b11-9-. The third-order valence-corrected chi connectivity index (χ3v) is 2.57. The van der Waals surface area contributed by atoms with Gasteiger partial charge in [0, 0.05) is 0 Å². The van der Waals surface area contributed by atoms with E-state index in [0.29, 0.717) is 0 Å². The SMILES string of the molecule is CCCCCCCCCC(O)/C=C\CO. The molecule has 0 amide bonds. The van der Waals surface area contributed by atoms with Crippen LogP contribution in [0, 0.1) is 0 Å². The lowest BCUT2D eigenvalue weighted by Gasteiger charge is -2.05. The van der Waals surface area contributed by atoms with Gasteiger partial charge in [-0.3, -0.25) is 0 Å². The zero-order chi connectivity index (χ0) is 11.4. The van der Waals surface area contributed by atoms with Crippen LogP contribution in [0.2, 0.25) is 0 Å². The molecule has 0 aromatic heterocycles. The Morgan fingerprint density at radius 2 is 1.60 bits per heavy atom. The molecule has 1 atom stereocenters. The van der Waals surface area contributed by atoms with Crippen LogP contribution in [0.4, 0.5) is 0 Å². The second-order valence-electron chi connectivity index (χ2n) is 4.09. The molecule has 0 aliphatic carbocycles. The highest BCUT2D eigenvalue weighted by Gasteiger charge is 1.98. The molecule has 0 saturated heterocycles. The fourth-order valence-electron chi connectivity index (χ4n) is 1.62. The molecule has 0 rings (SSSR count). The summed E-state index contributed by atoms with van der Waals surface area (Å²) in [4.78, 5) is 0. The lowest BCUT2D eigenvalue weighted by atomic mass is 10.1. The van der Waals surface area contributed by atoms with Crippen molar-refractivity contribution >= 4 is 0 Å². The highest BCUT2D eigenvalue weighted by molar-refractivity contribution is 4.87. The van der Waals surface area contributed by atoms with E-state index in [1.807, 2.05) is 0 Å². The molecule has 1 unspecified atom stereocenters. The molecular formula is C13H26O2.